The normalized spacial score (nSPS) is 11.5. The highest BCUT2D eigenvalue weighted by atomic mass is 19.4. The van der Waals surface area contributed by atoms with E-state index in [4.69, 9.17) is 0 Å². The van der Waals surface area contributed by atoms with Crippen LogP contribution in [0.15, 0.2) is 30.3 Å². The average Bonchev–Trinajstić information content (AvgIpc) is 2.79. The lowest BCUT2D eigenvalue weighted by Gasteiger charge is -2.10. The Bertz CT molecular complexity index is 662. The number of nitrogens with zero attached hydrogens (tertiary/aromatic N) is 2. The number of alkyl halides is 3. The maximum Gasteiger partial charge on any atom is 0.416 e. The second-order valence-electron chi connectivity index (χ2n) is 4.52. The highest BCUT2D eigenvalue weighted by molar-refractivity contribution is 6.03. The molecule has 0 aliphatic carbocycles. The molecule has 0 saturated heterocycles. The summed E-state index contributed by atoms with van der Waals surface area (Å²) in [6, 6.07) is 6.10. The van der Waals surface area contributed by atoms with Gasteiger partial charge in [0.2, 0.25) is 0 Å². The summed E-state index contributed by atoms with van der Waals surface area (Å²) in [5.74, 6) is -0.489. The molecular formula is C14H14F3N3O. The largest absolute Gasteiger partial charge is 0.416 e. The number of nitrogens with one attached hydrogen (secondary N) is 1. The number of hydrogen-bond acceptors (Lipinski definition) is 2. The molecule has 2 rings (SSSR count). The van der Waals surface area contributed by atoms with Crippen LogP contribution >= 0.6 is 0 Å². The van der Waals surface area contributed by atoms with Gasteiger partial charge in [-0.1, -0.05) is 6.07 Å². The summed E-state index contributed by atoms with van der Waals surface area (Å²) in [4.78, 5) is 12.1. The molecule has 1 aromatic heterocycles. The first-order chi connectivity index (χ1) is 9.81. The molecule has 0 spiro atoms. The van der Waals surface area contributed by atoms with Crippen LogP contribution in [-0.2, 0) is 12.7 Å². The van der Waals surface area contributed by atoms with Crippen LogP contribution in [0.4, 0.5) is 18.9 Å². The third kappa shape index (κ3) is 3.42. The van der Waals surface area contributed by atoms with Crippen molar-refractivity contribution in [3.63, 3.8) is 0 Å². The number of halogens is 3. The molecule has 0 atom stereocenters. The second kappa shape index (κ2) is 5.59. The van der Waals surface area contributed by atoms with Crippen LogP contribution in [0.1, 0.15) is 28.7 Å². The van der Waals surface area contributed by atoms with E-state index in [9.17, 15) is 18.0 Å². The third-order valence-electron chi connectivity index (χ3n) is 2.88. The van der Waals surface area contributed by atoms with Gasteiger partial charge in [0.15, 0.2) is 0 Å². The molecule has 0 saturated carbocycles. The smallest absolute Gasteiger partial charge is 0.321 e. The molecule has 0 radical (unpaired) electrons. The van der Waals surface area contributed by atoms with Gasteiger partial charge in [-0.25, -0.2) is 0 Å². The summed E-state index contributed by atoms with van der Waals surface area (Å²) in [7, 11) is 0. The third-order valence-corrected chi connectivity index (χ3v) is 2.88. The first-order valence-electron chi connectivity index (χ1n) is 6.34. The average molecular weight is 297 g/mol. The molecule has 0 unspecified atom stereocenters. The molecule has 7 heteroatoms. The minimum atomic E-state index is -4.44. The molecule has 2 aromatic rings. The second-order valence-corrected chi connectivity index (χ2v) is 4.52. The van der Waals surface area contributed by atoms with Crippen LogP contribution in [0.3, 0.4) is 0 Å². The van der Waals surface area contributed by atoms with Crippen molar-refractivity contribution in [1.82, 2.24) is 9.78 Å². The molecule has 112 valence electrons. The van der Waals surface area contributed by atoms with Crippen LogP contribution in [0.5, 0.6) is 0 Å². The van der Waals surface area contributed by atoms with Gasteiger partial charge >= 0.3 is 6.18 Å². The number of carbonyl (C=O) groups excluding carboxylic acids is 1. The first kappa shape index (κ1) is 15.1. The van der Waals surface area contributed by atoms with Gasteiger partial charge < -0.3 is 5.32 Å². The zero-order chi connectivity index (χ0) is 15.6. The minimum absolute atomic E-state index is 0.0938. The Balaban J connectivity index is 2.24. The van der Waals surface area contributed by atoms with Crippen molar-refractivity contribution in [2.24, 2.45) is 0 Å². The summed E-state index contributed by atoms with van der Waals surface area (Å²) in [5.41, 5.74) is 0.273. The Morgan fingerprint density at radius 1 is 1.33 bits per heavy atom. The lowest BCUT2D eigenvalue weighted by Crippen LogP contribution is -2.17. The molecule has 1 heterocycles. The fraction of sp³-hybridized carbons (Fsp3) is 0.286. The molecule has 0 fully saturated rings. The van der Waals surface area contributed by atoms with Gasteiger partial charge in [0, 0.05) is 12.2 Å². The molecule has 21 heavy (non-hydrogen) atoms. The number of benzene rings is 1. The van der Waals surface area contributed by atoms with Gasteiger partial charge in [-0.3, -0.25) is 9.48 Å². The first-order valence-corrected chi connectivity index (χ1v) is 6.34. The maximum atomic E-state index is 12.6. The Morgan fingerprint density at radius 2 is 2.05 bits per heavy atom. The van der Waals surface area contributed by atoms with Crippen molar-refractivity contribution < 1.29 is 18.0 Å². The molecule has 0 aliphatic heterocycles. The van der Waals surface area contributed by atoms with Crippen LogP contribution in [0.2, 0.25) is 0 Å². The summed E-state index contributed by atoms with van der Waals surface area (Å²) in [6.07, 6.45) is -4.44. The number of amides is 1. The molecule has 4 nitrogen and oxygen atoms in total. The topological polar surface area (TPSA) is 46.9 Å². The van der Waals surface area contributed by atoms with E-state index in [0.29, 0.717) is 17.9 Å². The quantitative estimate of drug-likeness (QED) is 0.942. The van der Waals surface area contributed by atoms with E-state index in [2.05, 4.69) is 10.4 Å². The Labute approximate surface area is 119 Å². The van der Waals surface area contributed by atoms with Gasteiger partial charge in [-0.05, 0) is 38.1 Å². The predicted octanol–water partition coefficient (Wildman–Crippen LogP) is 3.48. The number of hydrogen-bond donors (Lipinski definition) is 1. The van der Waals surface area contributed by atoms with E-state index < -0.39 is 17.6 Å². The Hall–Kier alpha value is -2.31. The van der Waals surface area contributed by atoms with E-state index in [1.54, 1.807) is 13.0 Å². The lowest BCUT2D eigenvalue weighted by atomic mass is 10.2. The van der Waals surface area contributed by atoms with Crippen LogP contribution in [0, 0.1) is 6.92 Å². The van der Waals surface area contributed by atoms with Crippen LogP contribution in [0.25, 0.3) is 0 Å². The summed E-state index contributed by atoms with van der Waals surface area (Å²) in [5, 5.41) is 6.58. The molecular weight excluding hydrogens is 283 g/mol. The van der Waals surface area contributed by atoms with Gasteiger partial charge in [0.1, 0.15) is 5.69 Å². The van der Waals surface area contributed by atoms with E-state index in [0.717, 1.165) is 12.1 Å². The zero-order valence-corrected chi connectivity index (χ0v) is 11.5. The fourth-order valence-corrected chi connectivity index (χ4v) is 1.94. The van der Waals surface area contributed by atoms with E-state index in [1.807, 2.05) is 6.92 Å². The van der Waals surface area contributed by atoms with E-state index in [1.165, 1.54) is 16.8 Å². The molecule has 1 N–H and O–H groups in total. The fourth-order valence-electron chi connectivity index (χ4n) is 1.94. The van der Waals surface area contributed by atoms with E-state index >= 15 is 0 Å². The van der Waals surface area contributed by atoms with Crippen LogP contribution < -0.4 is 5.32 Å². The molecule has 0 aliphatic rings. The maximum absolute atomic E-state index is 12.6. The van der Waals surface area contributed by atoms with Gasteiger partial charge in [0.05, 0.1) is 11.3 Å². The zero-order valence-electron chi connectivity index (χ0n) is 11.5. The number of aromatic nitrogens is 2. The molecule has 1 aromatic carbocycles. The minimum Gasteiger partial charge on any atom is -0.321 e. The van der Waals surface area contributed by atoms with Crippen molar-refractivity contribution in [3.8, 4) is 0 Å². The van der Waals surface area contributed by atoms with Crippen molar-refractivity contribution in [2.45, 2.75) is 26.6 Å². The standard InChI is InChI=1S/C14H14F3N3O/c1-3-20-12(7-9(2)19-20)13(21)18-11-6-4-5-10(8-11)14(15,16)17/h4-8H,3H2,1-2H3,(H,18,21). The highest BCUT2D eigenvalue weighted by Gasteiger charge is 2.30. The van der Waals surface area contributed by atoms with Gasteiger partial charge in [-0.2, -0.15) is 18.3 Å². The molecule has 0 bridgehead atoms. The van der Waals surface area contributed by atoms with Crippen molar-refractivity contribution >= 4 is 11.6 Å². The SMILES string of the molecule is CCn1nc(C)cc1C(=O)Nc1cccc(C(F)(F)F)c1. The summed E-state index contributed by atoms with van der Waals surface area (Å²) < 4.78 is 39.4. The Morgan fingerprint density at radius 3 is 2.67 bits per heavy atom. The molecule has 1 amide bonds. The lowest BCUT2D eigenvalue weighted by molar-refractivity contribution is -0.137. The number of anilines is 1. The van der Waals surface area contributed by atoms with E-state index in [-0.39, 0.29) is 5.69 Å². The summed E-state index contributed by atoms with van der Waals surface area (Å²) in [6.45, 7) is 4.07. The van der Waals surface area contributed by atoms with Crippen molar-refractivity contribution in [3.05, 3.63) is 47.3 Å². The van der Waals surface area contributed by atoms with Gasteiger partial charge in [0.25, 0.3) is 5.91 Å². The van der Waals surface area contributed by atoms with Crippen molar-refractivity contribution in [1.29, 1.82) is 0 Å². The number of rotatable bonds is 3. The van der Waals surface area contributed by atoms with Gasteiger partial charge in [-0.15, -0.1) is 0 Å². The number of aryl methyl sites for hydroxylation is 2. The Kier molecular flexibility index (Phi) is 4.02. The predicted molar refractivity (Wildman–Crippen MR) is 72.0 cm³/mol. The van der Waals surface area contributed by atoms with Crippen molar-refractivity contribution in [2.75, 3.05) is 5.32 Å². The summed E-state index contributed by atoms with van der Waals surface area (Å²) >= 11 is 0. The monoisotopic (exact) mass is 297 g/mol. The van der Waals surface area contributed by atoms with Crippen LogP contribution in [-0.4, -0.2) is 15.7 Å². The number of carbonyl (C=O) groups is 1. The highest BCUT2D eigenvalue weighted by Crippen LogP contribution is 2.30.